The highest BCUT2D eigenvalue weighted by Crippen LogP contribution is 2.21. The molecule has 0 atom stereocenters. The maximum absolute atomic E-state index is 13.1. The summed E-state index contributed by atoms with van der Waals surface area (Å²) >= 11 is 0. The summed E-state index contributed by atoms with van der Waals surface area (Å²) in [5.74, 6) is 0.492. The summed E-state index contributed by atoms with van der Waals surface area (Å²) in [5.41, 5.74) is 1.77. The van der Waals surface area contributed by atoms with Crippen LogP contribution in [0.3, 0.4) is 0 Å². The molecule has 0 aliphatic rings. The lowest BCUT2D eigenvalue weighted by Crippen LogP contribution is -2.36. The summed E-state index contributed by atoms with van der Waals surface area (Å²) < 4.78 is 33.4. The van der Waals surface area contributed by atoms with E-state index in [1.165, 1.54) is 24.3 Å². The summed E-state index contributed by atoms with van der Waals surface area (Å²) in [6.07, 6.45) is 3.41. The number of aromatic nitrogens is 1. The molecule has 0 aliphatic heterocycles. The number of rotatable bonds is 9. The lowest BCUT2D eigenvalue weighted by Gasteiger charge is -2.27. The van der Waals surface area contributed by atoms with Crippen molar-refractivity contribution in [3.8, 4) is 5.75 Å². The predicted molar refractivity (Wildman–Crippen MR) is 124 cm³/mol. The Balaban J connectivity index is 1.74. The van der Waals surface area contributed by atoms with E-state index in [1.54, 1.807) is 41.6 Å². The summed E-state index contributed by atoms with van der Waals surface area (Å²) in [6.45, 7) is 6.71. The van der Waals surface area contributed by atoms with Gasteiger partial charge in [0.05, 0.1) is 11.5 Å². The van der Waals surface area contributed by atoms with Gasteiger partial charge in [0.1, 0.15) is 5.75 Å². The number of pyridine rings is 1. The molecule has 0 radical (unpaired) electrons. The molecule has 8 heteroatoms. The van der Waals surface area contributed by atoms with Crippen molar-refractivity contribution in [2.75, 3.05) is 11.3 Å². The number of carbonyl (C=O) groups is 1. The Morgan fingerprint density at radius 1 is 1.06 bits per heavy atom. The van der Waals surface area contributed by atoms with Gasteiger partial charge >= 0.3 is 0 Å². The zero-order valence-electron chi connectivity index (χ0n) is 18.4. The van der Waals surface area contributed by atoms with E-state index >= 15 is 0 Å². The molecule has 0 aliphatic carbocycles. The molecule has 2 aromatic carbocycles. The molecule has 1 heterocycles. The van der Waals surface area contributed by atoms with Gasteiger partial charge in [-0.1, -0.05) is 6.07 Å². The van der Waals surface area contributed by atoms with Crippen LogP contribution in [0.25, 0.3) is 0 Å². The van der Waals surface area contributed by atoms with Gasteiger partial charge in [-0.15, -0.1) is 0 Å². The van der Waals surface area contributed by atoms with Gasteiger partial charge in [0.15, 0.2) is 0 Å². The van der Waals surface area contributed by atoms with Crippen LogP contribution in [0, 0.1) is 0 Å². The zero-order chi connectivity index (χ0) is 23.1. The minimum atomic E-state index is -3.79. The zero-order valence-corrected chi connectivity index (χ0v) is 19.2. The number of hydrogen-bond donors (Lipinski definition) is 1. The highest BCUT2D eigenvalue weighted by atomic mass is 32.2. The molecule has 0 unspecified atom stereocenters. The van der Waals surface area contributed by atoms with Crippen LogP contribution in [0.5, 0.6) is 5.75 Å². The number of sulfonamides is 1. The molecular weight excluding hydrogens is 426 g/mol. The summed E-state index contributed by atoms with van der Waals surface area (Å²) in [7, 11) is -3.79. The van der Waals surface area contributed by atoms with Gasteiger partial charge in [-0.3, -0.25) is 14.5 Å². The van der Waals surface area contributed by atoms with Gasteiger partial charge < -0.3 is 9.64 Å². The van der Waals surface area contributed by atoms with Crippen molar-refractivity contribution in [3.63, 3.8) is 0 Å². The Hall–Kier alpha value is -3.39. The largest absolute Gasteiger partial charge is 0.494 e. The molecule has 1 N–H and O–H groups in total. The van der Waals surface area contributed by atoms with Crippen LogP contribution in [-0.4, -0.2) is 36.9 Å². The smallest absolute Gasteiger partial charge is 0.261 e. The second kappa shape index (κ2) is 10.3. The molecule has 0 spiro atoms. The average Bonchev–Trinajstić information content (AvgIpc) is 2.79. The van der Waals surface area contributed by atoms with Crippen molar-refractivity contribution in [3.05, 3.63) is 84.2 Å². The van der Waals surface area contributed by atoms with Crippen molar-refractivity contribution in [2.45, 2.75) is 38.3 Å². The van der Waals surface area contributed by atoms with Gasteiger partial charge in [-0.05, 0) is 80.9 Å². The fraction of sp³-hybridized carbons (Fsp3) is 0.250. The third kappa shape index (κ3) is 5.85. The number of amides is 1. The number of nitrogens with zero attached hydrogens (tertiary/aromatic N) is 2. The first-order valence-corrected chi connectivity index (χ1v) is 11.8. The number of anilines is 1. The van der Waals surface area contributed by atoms with Crippen molar-refractivity contribution in [1.29, 1.82) is 0 Å². The first kappa shape index (κ1) is 23.3. The topological polar surface area (TPSA) is 88.6 Å². The normalized spacial score (nSPS) is 11.2. The van der Waals surface area contributed by atoms with Gasteiger partial charge in [-0.2, -0.15) is 0 Å². The minimum absolute atomic E-state index is 0.0348. The van der Waals surface area contributed by atoms with E-state index in [-0.39, 0.29) is 16.8 Å². The van der Waals surface area contributed by atoms with E-state index in [2.05, 4.69) is 9.71 Å². The lowest BCUT2D eigenvalue weighted by molar-refractivity contribution is 0.0690. The molecule has 32 heavy (non-hydrogen) atoms. The van der Waals surface area contributed by atoms with E-state index in [0.717, 1.165) is 5.56 Å². The SMILES string of the molecule is CCOc1ccc(NS(=O)(=O)c2ccc(C(=O)N(Cc3cccnc3)C(C)C)cc2)cc1. The number of ether oxygens (including phenoxy) is 1. The van der Waals surface area contributed by atoms with E-state index in [0.29, 0.717) is 30.2 Å². The summed E-state index contributed by atoms with van der Waals surface area (Å²) in [4.78, 5) is 19.0. The maximum Gasteiger partial charge on any atom is 0.261 e. The monoisotopic (exact) mass is 453 g/mol. The molecule has 0 fully saturated rings. The van der Waals surface area contributed by atoms with E-state index in [1.807, 2.05) is 32.9 Å². The van der Waals surface area contributed by atoms with E-state index in [9.17, 15) is 13.2 Å². The fourth-order valence-electron chi connectivity index (χ4n) is 3.12. The number of nitrogens with one attached hydrogen (secondary N) is 1. The van der Waals surface area contributed by atoms with Gasteiger partial charge in [0.25, 0.3) is 15.9 Å². The highest BCUT2D eigenvalue weighted by molar-refractivity contribution is 7.92. The lowest BCUT2D eigenvalue weighted by atomic mass is 10.1. The molecule has 3 aromatic rings. The fourth-order valence-corrected chi connectivity index (χ4v) is 4.18. The third-order valence-corrected chi connectivity index (χ3v) is 6.19. The molecule has 168 valence electrons. The van der Waals surface area contributed by atoms with Crippen LogP contribution < -0.4 is 9.46 Å². The van der Waals surface area contributed by atoms with Crippen LogP contribution in [0.15, 0.2) is 78.0 Å². The van der Waals surface area contributed by atoms with Crippen molar-refractivity contribution in [2.24, 2.45) is 0 Å². The Morgan fingerprint density at radius 3 is 2.31 bits per heavy atom. The molecule has 3 rings (SSSR count). The Labute approximate surface area is 189 Å². The quantitative estimate of drug-likeness (QED) is 0.521. The Kier molecular flexibility index (Phi) is 7.48. The molecule has 7 nitrogen and oxygen atoms in total. The third-order valence-electron chi connectivity index (χ3n) is 4.79. The maximum atomic E-state index is 13.1. The first-order valence-electron chi connectivity index (χ1n) is 10.4. The average molecular weight is 454 g/mol. The van der Waals surface area contributed by atoms with Crippen LogP contribution >= 0.6 is 0 Å². The second-order valence-corrected chi connectivity index (χ2v) is 9.16. The second-order valence-electron chi connectivity index (χ2n) is 7.48. The van der Waals surface area contributed by atoms with Gasteiger partial charge in [0.2, 0.25) is 0 Å². The van der Waals surface area contributed by atoms with Crippen molar-refractivity contribution >= 4 is 21.6 Å². The van der Waals surface area contributed by atoms with Crippen LogP contribution in [0.1, 0.15) is 36.7 Å². The Bertz CT molecular complexity index is 1130. The molecule has 0 bridgehead atoms. The molecule has 1 aromatic heterocycles. The first-order chi connectivity index (χ1) is 15.3. The summed E-state index contributed by atoms with van der Waals surface area (Å²) in [6, 6.07) is 16.3. The number of hydrogen-bond acceptors (Lipinski definition) is 5. The molecule has 1 amide bonds. The number of benzene rings is 2. The Morgan fingerprint density at radius 2 is 1.75 bits per heavy atom. The van der Waals surface area contributed by atoms with Crippen LogP contribution in [0.2, 0.25) is 0 Å². The minimum Gasteiger partial charge on any atom is -0.494 e. The van der Waals surface area contributed by atoms with Crippen molar-refractivity contribution in [1.82, 2.24) is 9.88 Å². The van der Waals surface area contributed by atoms with Crippen molar-refractivity contribution < 1.29 is 17.9 Å². The van der Waals surface area contributed by atoms with Crippen LogP contribution in [-0.2, 0) is 16.6 Å². The summed E-state index contributed by atoms with van der Waals surface area (Å²) in [5, 5.41) is 0. The highest BCUT2D eigenvalue weighted by Gasteiger charge is 2.21. The van der Waals surface area contributed by atoms with E-state index in [4.69, 9.17) is 4.74 Å². The molecule has 0 saturated heterocycles. The van der Waals surface area contributed by atoms with E-state index < -0.39 is 10.0 Å². The van der Waals surface area contributed by atoms with Crippen LogP contribution in [0.4, 0.5) is 5.69 Å². The van der Waals surface area contributed by atoms with Gasteiger partial charge in [0, 0.05) is 36.2 Å². The predicted octanol–water partition coefficient (Wildman–Crippen LogP) is 4.33. The van der Waals surface area contributed by atoms with Gasteiger partial charge in [-0.25, -0.2) is 8.42 Å². The molecule has 0 saturated carbocycles. The number of carbonyl (C=O) groups excluding carboxylic acids is 1. The standard InChI is InChI=1S/C24H27N3O4S/c1-4-31-22-11-9-21(10-12-22)26-32(29,30)23-13-7-20(8-14-23)24(28)27(18(2)3)17-19-6-5-15-25-16-19/h5-16,18,26H,4,17H2,1-3H3. The molecular formula is C24H27N3O4S.